The van der Waals surface area contributed by atoms with Crippen LogP contribution in [-0.2, 0) is 25.5 Å². The average Bonchev–Trinajstić information content (AvgIpc) is 3.81. The third-order valence-electron chi connectivity index (χ3n) is 13.7. The predicted octanol–water partition coefficient (Wildman–Crippen LogP) is 13.6. The van der Waals surface area contributed by atoms with Crippen LogP contribution in [0.5, 0.6) is 0 Å². The Balaban J connectivity index is 1.77. The zero-order valence-corrected chi connectivity index (χ0v) is 41.8. The van der Waals surface area contributed by atoms with Gasteiger partial charge in [0.15, 0.2) is 0 Å². The molecule has 2 aliphatic rings. The van der Waals surface area contributed by atoms with Crippen LogP contribution in [0.25, 0.3) is 34.4 Å². The van der Waals surface area contributed by atoms with Gasteiger partial charge in [-0.15, -0.1) is 0 Å². The molecule has 6 rings (SSSR count). The Morgan fingerprint density at radius 2 is 1.00 bits per heavy atom. The summed E-state index contributed by atoms with van der Waals surface area (Å²) in [5.41, 5.74) is 18.9. The van der Waals surface area contributed by atoms with Crippen LogP contribution in [0.4, 0.5) is 0 Å². The molecule has 2 aliphatic carbocycles. The van der Waals surface area contributed by atoms with Gasteiger partial charge in [-0.05, 0) is 0 Å². The molecule has 0 bridgehead atoms. The SMILES string of the molecule is CCC(=O)N[B](NC(=O)CC)[Hf]([Cl])([Cl])([CH]1C(C(C)CC)=Cc2c(-c3cc(C)cc(C)c3C)cccc21)[CH]1C(C(C)CC)=Cc2c(-c3cc(C)cc(C)c3C)cccc21. The molecule has 0 saturated carbocycles. The van der Waals surface area contributed by atoms with Gasteiger partial charge in [0.05, 0.1) is 0 Å². The van der Waals surface area contributed by atoms with Gasteiger partial charge in [-0.3, -0.25) is 0 Å². The summed E-state index contributed by atoms with van der Waals surface area (Å²) in [6.45, 7) is 25.7. The van der Waals surface area contributed by atoms with Crippen LogP contribution in [0.2, 0.25) is 0 Å². The van der Waals surface area contributed by atoms with E-state index < -0.39 is 27.8 Å². The van der Waals surface area contributed by atoms with E-state index in [1.165, 1.54) is 55.7 Å². The van der Waals surface area contributed by atoms with Crippen LogP contribution in [0.1, 0.15) is 130 Å². The number of benzene rings is 4. The first kappa shape index (κ1) is 44.4. The van der Waals surface area contributed by atoms with Crippen LogP contribution in [0.3, 0.4) is 0 Å². The molecule has 58 heavy (non-hydrogen) atoms. The number of hydrogen-bond donors (Lipinski definition) is 2. The van der Waals surface area contributed by atoms with Crippen LogP contribution >= 0.6 is 17.2 Å². The third kappa shape index (κ3) is 7.58. The number of nitrogens with one attached hydrogen (secondary N) is 2. The van der Waals surface area contributed by atoms with Crippen molar-refractivity contribution in [2.75, 3.05) is 0 Å². The summed E-state index contributed by atoms with van der Waals surface area (Å²) in [4.78, 5) is 27.7. The summed E-state index contributed by atoms with van der Waals surface area (Å²) >= 11 is -6.28. The normalized spacial score (nSPS) is 17.7. The molecule has 0 radical (unpaired) electrons. The van der Waals surface area contributed by atoms with Crippen molar-refractivity contribution in [3.63, 3.8) is 0 Å². The van der Waals surface area contributed by atoms with Gasteiger partial charge in [-0.25, -0.2) is 0 Å². The number of hydrogen-bond acceptors (Lipinski definition) is 2. The first-order chi connectivity index (χ1) is 27.4. The summed E-state index contributed by atoms with van der Waals surface area (Å²) in [6.07, 6.45) is 6.98. The van der Waals surface area contributed by atoms with Gasteiger partial charge in [0.25, 0.3) is 0 Å². The summed E-state index contributed by atoms with van der Waals surface area (Å²) in [7, 11) is 18.1. The fraction of sp³-hybridized carbons (Fsp3) is 0.400. The van der Waals surface area contributed by atoms with Crippen molar-refractivity contribution in [2.24, 2.45) is 11.8 Å². The Labute approximate surface area is 356 Å². The minimum atomic E-state index is -6.28. The summed E-state index contributed by atoms with van der Waals surface area (Å²) in [5.74, 6) is -0.123. The maximum absolute atomic E-state index is 13.9. The van der Waals surface area contributed by atoms with Crippen LogP contribution < -0.4 is 10.5 Å². The van der Waals surface area contributed by atoms with Crippen LogP contribution in [0.15, 0.2) is 71.8 Å². The molecule has 4 atom stereocenters. The first-order valence-corrected chi connectivity index (χ1v) is 36.5. The molecule has 0 aliphatic heterocycles. The van der Waals surface area contributed by atoms with E-state index in [0.29, 0.717) is 0 Å². The summed E-state index contributed by atoms with van der Waals surface area (Å²) in [5, 5.41) is 6.66. The second-order valence-electron chi connectivity index (χ2n) is 17.4. The van der Waals surface area contributed by atoms with Crippen LogP contribution in [-0.4, -0.2) is 16.4 Å². The molecule has 4 aromatic rings. The molecule has 4 aromatic carbocycles. The molecule has 0 fully saturated rings. The Morgan fingerprint density at radius 3 is 1.34 bits per heavy atom. The number of amides is 2. The number of carbonyl (C=O) groups is 2. The van der Waals surface area contributed by atoms with E-state index in [9.17, 15) is 9.59 Å². The Kier molecular flexibility index (Phi) is 13.0. The molecular weight excluding hydrogens is 921 g/mol. The zero-order chi connectivity index (χ0) is 42.5. The van der Waals surface area contributed by atoms with E-state index in [1.54, 1.807) is 0 Å². The zero-order valence-electron chi connectivity index (χ0n) is 36.7. The average molecular weight is 983 g/mol. The fourth-order valence-corrected chi connectivity index (χ4v) is 39.6. The van der Waals surface area contributed by atoms with Gasteiger partial charge in [0.2, 0.25) is 0 Å². The quantitative estimate of drug-likeness (QED) is 0.131. The van der Waals surface area contributed by atoms with E-state index in [-0.39, 0.29) is 36.5 Å². The molecule has 0 aromatic heterocycles. The number of carbonyl (C=O) groups excluding carboxylic acids is 2. The molecule has 0 spiro atoms. The van der Waals surface area contributed by atoms with Gasteiger partial charge < -0.3 is 0 Å². The van der Waals surface area contributed by atoms with Gasteiger partial charge >= 0.3 is 359 Å². The summed E-state index contributed by atoms with van der Waals surface area (Å²) < 4.78 is -1.78. The molecule has 0 heterocycles. The molecular formula is C50H62BCl2HfN2O2. The number of halogens is 2. The van der Waals surface area contributed by atoms with Crippen LogP contribution in [0, 0.1) is 53.4 Å². The molecule has 4 unspecified atom stereocenters. The molecule has 4 nitrogen and oxygen atoms in total. The van der Waals surface area contributed by atoms with E-state index in [1.807, 2.05) is 13.8 Å². The van der Waals surface area contributed by atoms with E-state index in [4.69, 9.17) is 17.2 Å². The standard InChI is InChI=1S/2C22H25.C6H11BN2O2.2ClH.Hf/c2*1-6-15(3)19-12-18-8-7-9-20(22(18)13-19)21-11-14(2)10-16(4)17(21)5;1-3-5(10)8-7-9-6(11)4-2;;;/h2*7-13,15H,6H2,1-5H3;3-4H2,1-2H3,(H-,8,9,10,11);2*1H;/q;;;;;+1/p-1. The van der Waals surface area contributed by atoms with Crippen molar-refractivity contribution in [1.82, 2.24) is 10.5 Å². The Hall–Kier alpha value is -3.18. The second-order valence-corrected chi connectivity index (χ2v) is 47.8. The van der Waals surface area contributed by atoms with Gasteiger partial charge in [0, 0.05) is 0 Å². The fourth-order valence-electron chi connectivity index (χ4n) is 9.85. The van der Waals surface area contributed by atoms with Gasteiger partial charge in [0.1, 0.15) is 0 Å². The van der Waals surface area contributed by atoms with Crippen molar-refractivity contribution >= 4 is 45.7 Å². The maximum atomic E-state index is 13.9. The molecule has 0 saturated heterocycles. The van der Waals surface area contributed by atoms with Crippen molar-refractivity contribution in [3.8, 4) is 22.3 Å². The summed E-state index contributed by atoms with van der Waals surface area (Å²) in [6, 6.07) is 22.2. The number of rotatable bonds is 13. The topological polar surface area (TPSA) is 58.2 Å². The number of aryl methyl sites for hydroxylation is 4. The Bertz CT molecular complexity index is 2200. The van der Waals surface area contributed by atoms with Crippen molar-refractivity contribution in [1.29, 1.82) is 0 Å². The van der Waals surface area contributed by atoms with E-state index >= 15 is 0 Å². The first-order valence-electron chi connectivity index (χ1n) is 21.4. The number of allylic oxidation sites excluding steroid dienone is 2. The second kappa shape index (κ2) is 17.1. The monoisotopic (exact) mass is 983 g/mol. The molecule has 305 valence electrons. The Morgan fingerprint density at radius 1 is 0.621 bits per heavy atom. The molecule has 2 N–H and O–H groups in total. The third-order valence-corrected chi connectivity index (χ3v) is 41.9. The van der Waals surface area contributed by atoms with E-state index in [0.717, 1.165) is 46.2 Å². The van der Waals surface area contributed by atoms with Crippen molar-refractivity contribution in [3.05, 3.63) is 127 Å². The van der Waals surface area contributed by atoms with Crippen molar-refractivity contribution in [2.45, 2.75) is 116 Å². The van der Waals surface area contributed by atoms with Gasteiger partial charge in [-0.2, -0.15) is 0 Å². The van der Waals surface area contributed by atoms with E-state index in [2.05, 4.69) is 153 Å². The minimum absolute atomic E-state index is 0.129. The van der Waals surface area contributed by atoms with Gasteiger partial charge in [-0.1, -0.05) is 0 Å². The predicted molar refractivity (Wildman–Crippen MR) is 247 cm³/mol. The molecule has 2 amide bonds. The number of fused-ring (bicyclic) bond motifs is 2. The molecule has 8 heteroatoms. The van der Waals surface area contributed by atoms with Crippen molar-refractivity contribution < 1.29 is 25.5 Å².